The van der Waals surface area contributed by atoms with E-state index in [0.29, 0.717) is 42.6 Å². The van der Waals surface area contributed by atoms with Crippen molar-refractivity contribution in [2.45, 2.75) is 12.8 Å². The second-order valence-electron chi connectivity index (χ2n) is 9.07. The van der Waals surface area contributed by atoms with Gasteiger partial charge in [-0.15, -0.1) is 5.10 Å². The zero-order valence-electron chi connectivity index (χ0n) is 20.4. The van der Waals surface area contributed by atoms with Crippen LogP contribution in [0.2, 0.25) is 5.02 Å². The molecule has 0 aliphatic carbocycles. The van der Waals surface area contributed by atoms with Crippen molar-refractivity contribution in [3.05, 3.63) is 95.4 Å². The Balaban J connectivity index is 1.67. The number of phenolic OH excluding ortho intramolecular Hbond substituents is 1. The average Bonchev–Trinajstić information content (AvgIpc) is 2.92. The Hall–Kier alpha value is -3.97. The molecule has 1 aromatic heterocycles. The van der Waals surface area contributed by atoms with Crippen molar-refractivity contribution in [1.82, 2.24) is 15.1 Å². The molecule has 0 bridgehead atoms. The minimum atomic E-state index is -0.566. The fraction of sp³-hybridized carbons (Fsp3) is 0.207. The van der Waals surface area contributed by atoms with Gasteiger partial charge in [0.15, 0.2) is 5.82 Å². The summed E-state index contributed by atoms with van der Waals surface area (Å²) < 4.78 is 14.8. The standard InChI is InChI=1S/C29H26ClFN4O2/c1-3-26(37)34-12-14-35(15-13-34)29-21-17-23(30)22(27-24(31)10-7-11-25(27)36)16-20(21)28(32-33-29)18(2)19-8-5-4-6-9-19/h3-11,16-18,36H,1,12-15H2,2H3/t18-/m1/s1. The minimum absolute atomic E-state index is 0.0441. The molecule has 1 amide bonds. The Morgan fingerprint density at radius 2 is 1.78 bits per heavy atom. The van der Waals surface area contributed by atoms with Crippen molar-refractivity contribution in [2.75, 3.05) is 31.1 Å². The van der Waals surface area contributed by atoms with Crippen molar-refractivity contribution < 1.29 is 14.3 Å². The van der Waals surface area contributed by atoms with Gasteiger partial charge in [0.2, 0.25) is 5.91 Å². The van der Waals surface area contributed by atoms with Crippen molar-refractivity contribution in [2.24, 2.45) is 0 Å². The monoisotopic (exact) mass is 516 g/mol. The van der Waals surface area contributed by atoms with Gasteiger partial charge in [-0.3, -0.25) is 4.79 Å². The summed E-state index contributed by atoms with van der Waals surface area (Å²) in [7, 11) is 0. The molecule has 0 saturated carbocycles. The van der Waals surface area contributed by atoms with Crippen LogP contribution < -0.4 is 4.90 Å². The van der Waals surface area contributed by atoms with E-state index in [4.69, 9.17) is 11.6 Å². The van der Waals surface area contributed by atoms with Crippen LogP contribution in [0.5, 0.6) is 5.75 Å². The van der Waals surface area contributed by atoms with E-state index in [9.17, 15) is 14.3 Å². The quantitative estimate of drug-likeness (QED) is 0.340. The molecule has 0 radical (unpaired) electrons. The number of hydrogen-bond acceptors (Lipinski definition) is 5. The number of benzene rings is 3. The molecule has 1 N–H and O–H groups in total. The van der Waals surface area contributed by atoms with Crippen molar-refractivity contribution in [3.8, 4) is 16.9 Å². The predicted octanol–water partition coefficient (Wildman–Crippen LogP) is 5.78. The van der Waals surface area contributed by atoms with Crippen molar-refractivity contribution in [1.29, 1.82) is 0 Å². The summed E-state index contributed by atoms with van der Waals surface area (Å²) in [6, 6.07) is 17.7. The molecule has 1 aliphatic rings. The van der Waals surface area contributed by atoms with Gasteiger partial charge in [-0.05, 0) is 35.9 Å². The van der Waals surface area contributed by atoms with Crippen LogP contribution in [0.25, 0.3) is 21.9 Å². The summed E-state index contributed by atoms with van der Waals surface area (Å²) >= 11 is 6.72. The van der Waals surface area contributed by atoms with Gasteiger partial charge < -0.3 is 14.9 Å². The van der Waals surface area contributed by atoms with E-state index < -0.39 is 5.82 Å². The summed E-state index contributed by atoms with van der Waals surface area (Å²) in [5.74, 6) is -0.306. The highest BCUT2D eigenvalue weighted by Gasteiger charge is 2.26. The summed E-state index contributed by atoms with van der Waals surface area (Å²) in [5.41, 5.74) is 2.21. The highest BCUT2D eigenvalue weighted by Crippen LogP contribution is 2.42. The molecular weight excluding hydrogens is 491 g/mol. The van der Waals surface area contributed by atoms with Gasteiger partial charge in [-0.1, -0.05) is 61.5 Å². The van der Waals surface area contributed by atoms with Crippen LogP contribution in [0.4, 0.5) is 10.2 Å². The predicted molar refractivity (Wildman–Crippen MR) is 145 cm³/mol. The Bertz CT molecular complexity index is 1470. The number of amides is 1. The van der Waals surface area contributed by atoms with Crippen LogP contribution in [0.3, 0.4) is 0 Å². The van der Waals surface area contributed by atoms with Gasteiger partial charge in [-0.25, -0.2) is 4.39 Å². The van der Waals surface area contributed by atoms with E-state index in [-0.39, 0.29) is 23.1 Å². The van der Waals surface area contributed by atoms with E-state index in [1.807, 2.05) is 37.3 Å². The first kappa shape index (κ1) is 24.7. The van der Waals surface area contributed by atoms with Gasteiger partial charge in [0, 0.05) is 53.5 Å². The molecule has 5 rings (SSSR count). The lowest BCUT2D eigenvalue weighted by atomic mass is 9.92. The molecule has 3 aromatic carbocycles. The number of piperazine rings is 1. The molecule has 6 nitrogen and oxygen atoms in total. The zero-order chi connectivity index (χ0) is 26.1. The molecule has 8 heteroatoms. The Labute approximate surface area is 219 Å². The number of carbonyl (C=O) groups excluding carboxylic acids is 1. The Morgan fingerprint density at radius 1 is 1.05 bits per heavy atom. The summed E-state index contributed by atoms with van der Waals surface area (Å²) in [5, 5.41) is 21.6. The number of phenols is 1. The molecule has 1 aliphatic heterocycles. The number of halogens is 2. The van der Waals surface area contributed by atoms with Crippen LogP contribution in [-0.4, -0.2) is 52.3 Å². The Morgan fingerprint density at radius 3 is 2.46 bits per heavy atom. The van der Waals surface area contributed by atoms with Gasteiger partial charge >= 0.3 is 0 Å². The average molecular weight is 517 g/mol. The molecule has 0 spiro atoms. The third kappa shape index (κ3) is 4.62. The first-order chi connectivity index (χ1) is 17.9. The Kier molecular flexibility index (Phi) is 6.80. The van der Waals surface area contributed by atoms with Crippen LogP contribution in [0.1, 0.15) is 24.1 Å². The molecule has 1 fully saturated rings. The molecule has 4 aromatic rings. The lowest BCUT2D eigenvalue weighted by Gasteiger charge is -2.35. The zero-order valence-corrected chi connectivity index (χ0v) is 21.1. The normalized spacial score (nSPS) is 14.6. The summed E-state index contributed by atoms with van der Waals surface area (Å²) in [4.78, 5) is 15.9. The number of carbonyl (C=O) groups is 1. The van der Waals surface area contributed by atoms with Crippen molar-refractivity contribution >= 4 is 34.1 Å². The topological polar surface area (TPSA) is 69.6 Å². The fourth-order valence-corrected chi connectivity index (χ4v) is 5.13. The van der Waals surface area contributed by atoms with E-state index in [2.05, 4.69) is 21.7 Å². The smallest absolute Gasteiger partial charge is 0.246 e. The van der Waals surface area contributed by atoms with Gasteiger partial charge in [0.1, 0.15) is 11.6 Å². The second-order valence-corrected chi connectivity index (χ2v) is 9.48. The van der Waals surface area contributed by atoms with Crippen molar-refractivity contribution in [3.63, 3.8) is 0 Å². The lowest BCUT2D eigenvalue weighted by molar-refractivity contribution is -0.126. The summed E-state index contributed by atoms with van der Waals surface area (Å²) in [6.07, 6.45) is 1.32. The lowest BCUT2D eigenvalue weighted by Crippen LogP contribution is -2.48. The minimum Gasteiger partial charge on any atom is -0.507 e. The second kappa shape index (κ2) is 10.2. The van der Waals surface area contributed by atoms with E-state index >= 15 is 0 Å². The number of aromatic nitrogens is 2. The van der Waals surface area contributed by atoms with Gasteiger partial charge in [0.25, 0.3) is 0 Å². The molecule has 0 unspecified atom stereocenters. The maximum atomic E-state index is 14.8. The first-order valence-electron chi connectivity index (χ1n) is 12.1. The molecule has 1 atom stereocenters. The number of rotatable bonds is 5. The highest BCUT2D eigenvalue weighted by molar-refractivity contribution is 6.34. The molecule has 37 heavy (non-hydrogen) atoms. The molecule has 1 saturated heterocycles. The van der Waals surface area contributed by atoms with Crippen LogP contribution in [0.15, 0.2) is 73.3 Å². The van der Waals surface area contributed by atoms with E-state index in [0.717, 1.165) is 22.0 Å². The highest BCUT2D eigenvalue weighted by atomic mass is 35.5. The summed E-state index contributed by atoms with van der Waals surface area (Å²) in [6.45, 7) is 7.84. The fourth-order valence-electron chi connectivity index (χ4n) is 4.87. The maximum absolute atomic E-state index is 14.8. The third-order valence-electron chi connectivity index (χ3n) is 6.91. The molecular formula is C29H26ClFN4O2. The number of hydrogen-bond donors (Lipinski definition) is 1. The van der Waals surface area contributed by atoms with Crippen LogP contribution in [-0.2, 0) is 4.79 Å². The maximum Gasteiger partial charge on any atom is 0.246 e. The van der Waals surface area contributed by atoms with Crippen LogP contribution >= 0.6 is 11.6 Å². The molecule has 2 heterocycles. The van der Waals surface area contributed by atoms with Crippen LogP contribution in [0, 0.1) is 5.82 Å². The largest absolute Gasteiger partial charge is 0.507 e. The van der Waals surface area contributed by atoms with E-state index in [1.165, 1.54) is 24.3 Å². The SMILES string of the molecule is C=CC(=O)N1CCN(c2nnc([C@H](C)c3ccccc3)c3cc(-c4c(O)cccc4F)c(Cl)cc23)CC1. The van der Waals surface area contributed by atoms with E-state index in [1.54, 1.807) is 17.0 Å². The molecule has 188 valence electrons. The first-order valence-corrected chi connectivity index (χ1v) is 12.5. The number of aromatic hydroxyl groups is 1. The number of nitrogens with zero attached hydrogens (tertiary/aromatic N) is 4. The van der Waals surface area contributed by atoms with Gasteiger partial charge in [-0.2, -0.15) is 5.10 Å². The number of anilines is 1. The number of fused-ring (bicyclic) bond motifs is 1. The van der Waals surface area contributed by atoms with Gasteiger partial charge in [0.05, 0.1) is 11.3 Å². The third-order valence-corrected chi connectivity index (χ3v) is 7.23.